The molecular formula is C14H21BrFNO. The van der Waals surface area contributed by atoms with E-state index in [1.807, 2.05) is 0 Å². The third-order valence-electron chi connectivity index (χ3n) is 2.46. The molecule has 0 amide bonds. The van der Waals surface area contributed by atoms with Crippen molar-refractivity contribution in [1.82, 2.24) is 5.32 Å². The van der Waals surface area contributed by atoms with Crippen LogP contribution in [0, 0.1) is 11.7 Å². The summed E-state index contributed by atoms with van der Waals surface area (Å²) in [5.41, 5.74) is 0. The van der Waals surface area contributed by atoms with Crippen LogP contribution in [-0.2, 0) is 0 Å². The van der Waals surface area contributed by atoms with Gasteiger partial charge >= 0.3 is 0 Å². The number of hydrogen-bond acceptors (Lipinski definition) is 2. The van der Waals surface area contributed by atoms with Crippen molar-refractivity contribution in [2.24, 2.45) is 5.92 Å². The van der Waals surface area contributed by atoms with Crippen molar-refractivity contribution < 1.29 is 9.13 Å². The van der Waals surface area contributed by atoms with Crippen molar-refractivity contribution in [1.29, 1.82) is 0 Å². The predicted octanol–water partition coefficient (Wildman–Crippen LogP) is 3.99. The van der Waals surface area contributed by atoms with Crippen molar-refractivity contribution >= 4 is 15.9 Å². The molecule has 0 fully saturated rings. The molecule has 0 aliphatic rings. The van der Waals surface area contributed by atoms with Gasteiger partial charge in [-0.25, -0.2) is 4.39 Å². The molecule has 0 saturated heterocycles. The monoisotopic (exact) mass is 317 g/mol. The van der Waals surface area contributed by atoms with Crippen molar-refractivity contribution in [3.05, 3.63) is 28.5 Å². The molecular weight excluding hydrogens is 297 g/mol. The summed E-state index contributed by atoms with van der Waals surface area (Å²) in [4.78, 5) is 0. The lowest BCUT2D eigenvalue weighted by molar-refractivity contribution is 0.304. The second-order valence-electron chi connectivity index (χ2n) is 4.73. The molecule has 1 N–H and O–H groups in total. The number of ether oxygens (including phenoxy) is 1. The Morgan fingerprint density at radius 1 is 1.33 bits per heavy atom. The molecule has 0 atom stereocenters. The largest absolute Gasteiger partial charge is 0.494 e. The zero-order valence-corrected chi connectivity index (χ0v) is 12.6. The van der Waals surface area contributed by atoms with Gasteiger partial charge < -0.3 is 10.1 Å². The van der Waals surface area contributed by atoms with Crippen molar-refractivity contribution in [3.63, 3.8) is 0 Å². The molecule has 1 rings (SSSR count). The number of rotatable bonds is 8. The molecule has 0 spiro atoms. The van der Waals surface area contributed by atoms with E-state index in [0.717, 1.165) is 25.9 Å². The van der Waals surface area contributed by atoms with E-state index in [9.17, 15) is 4.39 Å². The van der Waals surface area contributed by atoms with E-state index in [0.29, 0.717) is 22.7 Å². The standard InChI is InChI=1S/C14H21BrFNO/c1-11(2)10-17-7-3-4-8-18-12-5-6-14(16)13(15)9-12/h5-6,9,11,17H,3-4,7-8,10H2,1-2H3. The van der Waals surface area contributed by atoms with Gasteiger partial charge in [-0.2, -0.15) is 0 Å². The highest BCUT2D eigenvalue weighted by atomic mass is 79.9. The molecule has 0 aliphatic carbocycles. The molecule has 0 aliphatic heterocycles. The molecule has 0 saturated carbocycles. The molecule has 0 aromatic heterocycles. The van der Waals surface area contributed by atoms with Gasteiger partial charge in [-0.05, 0) is 66.0 Å². The summed E-state index contributed by atoms with van der Waals surface area (Å²) < 4.78 is 19.0. The Labute approximate surface area is 117 Å². The van der Waals surface area contributed by atoms with Crippen LogP contribution in [0.5, 0.6) is 5.75 Å². The third-order valence-corrected chi connectivity index (χ3v) is 3.07. The van der Waals surface area contributed by atoms with Gasteiger partial charge in [-0.1, -0.05) is 13.8 Å². The summed E-state index contributed by atoms with van der Waals surface area (Å²) in [6.07, 6.45) is 2.09. The quantitative estimate of drug-likeness (QED) is 0.732. The number of benzene rings is 1. The van der Waals surface area contributed by atoms with Crippen molar-refractivity contribution in [3.8, 4) is 5.75 Å². The van der Waals surface area contributed by atoms with E-state index >= 15 is 0 Å². The molecule has 2 nitrogen and oxygen atoms in total. The van der Waals surface area contributed by atoms with E-state index in [1.54, 1.807) is 12.1 Å². The summed E-state index contributed by atoms with van der Waals surface area (Å²) in [6.45, 7) is 7.15. The highest BCUT2D eigenvalue weighted by molar-refractivity contribution is 9.10. The summed E-state index contributed by atoms with van der Waals surface area (Å²) in [7, 11) is 0. The molecule has 4 heteroatoms. The average Bonchev–Trinajstić information content (AvgIpc) is 2.32. The zero-order valence-electron chi connectivity index (χ0n) is 11.0. The maximum absolute atomic E-state index is 13.0. The first-order valence-corrected chi connectivity index (χ1v) is 7.17. The van der Waals surface area contributed by atoms with Crippen LogP contribution >= 0.6 is 15.9 Å². The van der Waals surface area contributed by atoms with Gasteiger partial charge in [0.1, 0.15) is 11.6 Å². The van der Waals surface area contributed by atoms with Crippen LogP contribution in [0.25, 0.3) is 0 Å². The van der Waals surface area contributed by atoms with E-state index in [4.69, 9.17) is 4.74 Å². The van der Waals surface area contributed by atoms with E-state index in [2.05, 4.69) is 35.1 Å². The molecule has 0 radical (unpaired) electrons. The lowest BCUT2D eigenvalue weighted by Crippen LogP contribution is -2.21. The molecule has 1 aromatic carbocycles. The fourth-order valence-corrected chi connectivity index (χ4v) is 1.86. The van der Waals surface area contributed by atoms with Crippen LogP contribution in [0.2, 0.25) is 0 Å². The molecule has 0 bridgehead atoms. The Bertz CT molecular complexity index is 358. The van der Waals surface area contributed by atoms with Crippen molar-refractivity contribution in [2.75, 3.05) is 19.7 Å². The summed E-state index contributed by atoms with van der Waals surface area (Å²) in [5, 5.41) is 3.39. The number of hydrogen-bond donors (Lipinski definition) is 1. The summed E-state index contributed by atoms with van der Waals surface area (Å²) in [6, 6.07) is 4.72. The number of nitrogens with one attached hydrogen (secondary N) is 1. The van der Waals surface area contributed by atoms with E-state index in [-0.39, 0.29) is 5.82 Å². The lowest BCUT2D eigenvalue weighted by Gasteiger charge is -2.08. The Hall–Kier alpha value is -0.610. The predicted molar refractivity (Wildman–Crippen MR) is 76.5 cm³/mol. The first-order valence-electron chi connectivity index (χ1n) is 6.38. The second-order valence-corrected chi connectivity index (χ2v) is 5.58. The van der Waals surface area contributed by atoms with Crippen LogP contribution in [0.4, 0.5) is 4.39 Å². The average molecular weight is 318 g/mol. The van der Waals surface area contributed by atoms with Gasteiger partial charge in [0, 0.05) is 0 Å². The third kappa shape index (κ3) is 6.36. The smallest absolute Gasteiger partial charge is 0.137 e. The molecule has 1 aromatic rings. The molecule has 0 heterocycles. The zero-order chi connectivity index (χ0) is 13.4. The number of unbranched alkanes of at least 4 members (excludes halogenated alkanes) is 1. The maximum Gasteiger partial charge on any atom is 0.137 e. The van der Waals surface area contributed by atoms with Crippen molar-refractivity contribution in [2.45, 2.75) is 26.7 Å². The first-order chi connectivity index (χ1) is 8.59. The van der Waals surface area contributed by atoms with Crippen LogP contribution in [0.1, 0.15) is 26.7 Å². The van der Waals surface area contributed by atoms with Gasteiger partial charge in [0.25, 0.3) is 0 Å². The number of halogens is 2. The minimum Gasteiger partial charge on any atom is -0.494 e. The minimum absolute atomic E-state index is 0.264. The van der Waals surface area contributed by atoms with Crippen LogP contribution < -0.4 is 10.1 Å². The highest BCUT2D eigenvalue weighted by Gasteiger charge is 2.01. The van der Waals surface area contributed by atoms with Gasteiger partial charge in [-0.3, -0.25) is 0 Å². The Morgan fingerprint density at radius 2 is 2.11 bits per heavy atom. The molecule has 0 unspecified atom stereocenters. The normalized spacial score (nSPS) is 10.9. The lowest BCUT2D eigenvalue weighted by atomic mass is 10.2. The van der Waals surface area contributed by atoms with Gasteiger partial charge in [0.15, 0.2) is 0 Å². The van der Waals surface area contributed by atoms with E-state index < -0.39 is 0 Å². The second kappa shape index (κ2) is 8.48. The topological polar surface area (TPSA) is 21.3 Å². The SMILES string of the molecule is CC(C)CNCCCCOc1ccc(F)c(Br)c1. The Morgan fingerprint density at radius 3 is 2.78 bits per heavy atom. The fourth-order valence-electron chi connectivity index (χ4n) is 1.50. The van der Waals surface area contributed by atoms with Gasteiger partial charge in [0.05, 0.1) is 11.1 Å². The van der Waals surface area contributed by atoms with E-state index in [1.165, 1.54) is 6.07 Å². The summed E-state index contributed by atoms with van der Waals surface area (Å²) >= 11 is 3.14. The van der Waals surface area contributed by atoms with Crippen LogP contribution in [-0.4, -0.2) is 19.7 Å². The molecule has 18 heavy (non-hydrogen) atoms. The fraction of sp³-hybridized carbons (Fsp3) is 0.571. The van der Waals surface area contributed by atoms with Crippen LogP contribution in [0.3, 0.4) is 0 Å². The maximum atomic E-state index is 13.0. The molecule has 102 valence electrons. The Balaban J connectivity index is 2.09. The first kappa shape index (κ1) is 15.4. The Kier molecular flexibility index (Phi) is 7.28. The highest BCUT2D eigenvalue weighted by Crippen LogP contribution is 2.21. The van der Waals surface area contributed by atoms with Gasteiger partial charge in [-0.15, -0.1) is 0 Å². The minimum atomic E-state index is -0.264. The summed E-state index contributed by atoms with van der Waals surface area (Å²) in [5.74, 6) is 1.14. The van der Waals surface area contributed by atoms with Crippen LogP contribution in [0.15, 0.2) is 22.7 Å². The van der Waals surface area contributed by atoms with Gasteiger partial charge in [0.2, 0.25) is 0 Å².